The Bertz CT molecular complexity index is 1630. The quantitative estimate of drug-likeness (QED) is 0.324. The lowest BCUT2D eigenvalue weighted by Crippen LogP contribution is -2.52. The van der Waals surface area contributed by atoms with E-state index >= 15 is 0 Å². The first-order valence-corrected chi connectivity index (χ1v) is 12.3. The van der Waals surface area contributed by atoms with E-state index in [0.717, 1.165) is 0 Å². The van der Waals surface area contributed by atoms with Gasteiger partial charge in [0.2, 0.25) is 5.91 Å². The number of ketones is 1. The number of urea groups is 1. The van der Waals surface area contributed by atoms with Crippen LogP contribution in [0.4, 0.5) is 9.18 Å². The first kappa shape index (κ1) is 24.6. The van der Waals surface area contributed by atoms with Crippen molar-refractivity contribution in [2.75, 3.05) is 13.7 Å². The molecular weight excluding hydrogens is 511 g/mol. The van der Waals surface area contributed by atoms with Crippen LogP contribution in [-0.2, 0) is 32.0 Å². The minimum atomic E-state index is -1.80. The molecule has 1 unspecified atom stereocenters. The average molecular weight is 535 g/mol. The van der Waals surface area contributed by atoms with Crippen LogP contribution in [0.1, 0.15) is 47.0 Å². The van der Waals surface area contributed by atoms with Crippen molar-refractivity contribution in [1.82, 2.24) is 20.9 Å². The van der Waals surface area contributed by atoms with Crippen LogP contribution in [0.2, 0.25) is 0 Å². The number of methoxy groups -OCH3 is 1. The number of rotatable bonds is 6. The van der Waals surface area contributed by atoms with Crippen LogP contribution in [0.15, 0.2) is 40.8 Å². The molecule has 12 heteroatoms. The number of fused-ring (bicyclic) bond motifs is 2. The summed E-state index contributed by atoms with van der Waals surface area (Å²) in [5.41, 5.74) is -1.79. The van der Waals surface area contributed by atoms with Gasteiger partial charge in [-0.15, -0.1) is 0 Å². The molecule has 1 aromatic heterocycles. The molecule has 3 N–H and O–H groups in total. The Labute approximate surface area is 220 Å². The van der Waals surface area contributed by atoms with E-state index in [2.05, 4.69) is 16.0 Å². The maximum Gasteiger partial charge on any atom is 0.322 e. The van der Waals surface area contributed by atoms with Crippen molar-refractivity contribution in [1.29, 1.82) is 0 Å². The van der Waals surface area contributed by atoms with E-state index in [0.29, 0.717) is 28.5 Å². The summed E-state index contributed by atoms with van der Waals surface area (Å²) in [6, 6.07) is 8.74. The minimum Gasteiger partial charge on any atom is -0.494 e. The molecule has 5 amide bonds. The Morgan fingerprint density at radius 2 is 1.85 bits per heavy atom. The lowest BCUT2D eigenvalue weighted by Gasteiger charge is -2.29. The number of benzene rings is 2. The van der Waals surface area contributed by atoms with Crippen LogP contribution in [0.25, 0.3) is 11.0 Å². The van der Waals surface area contributed by atoms with Gasteiger partial charge in [-0.3, -0.25) is 24.5 Å². The lowest BCUT2D eigenvalue weighted by atomic mass is 9.84. The van der Waals surface area contributed by atoms with Gasteiger partial charge in [-0.05, 0) is 41.8 Å². The van der Waals surface area contributed by atoms with Gasteiger partial charge in [0.1, 0.15) is 16.9 Å². The van der Waals surface area contributed by atoms with Gasteiger partial charge in [-0.2, -0.15) is 0 Å². The summed E-state index contributed by atoms with van der Waals surface area (Å²) in [5.74, 6) is -2.83. The highest BCUT2D eigenvalue weighted by molar-refractivity contribution is 6.11. The molecule has 39 heavy (non-hydrogen) atoms. The molecular formula is C27H23FN4O7. The number of imide groups is 1. The molecule has 0 spiro atoms. The zero-order chi connectivity index (χ0) is 27.7. The van der Waals surface area contributed by atoms with Gasteiger partial charge in [0.15, 0.2) is 22.9 Å². The Morgan fingerprint density at radius 3 is 2.49 bits per heavy atom. The molecule has 11 nitrogen and oxygen atoms in total. The van der Waals surface area contributed by atoms with Crippen molar-refractivity contribution in [3.63, 3.8) is 0 Å². The summed E-state index contributed by atoms with van der Waals surface area (Å²) >= 11 is 0. The van der Waals surface area contributed by atoms with Crippen molar-refractivity contribution in [3.05, 3.63) is 64.7 Å². The second-order valence-electron chi connectivity index (χ2n) is 9.86. The molecule has 2 saturated heterocycles. The van der Waals surface area contributed by atoms with Gasteiger partial charge in [0.25, 0.3) is 11.8 Å². The topological polar surface area (TPSA) is 147 Å². The summed E-state index contributed by atoms with van der Waals surface area (Å²) in [6.07, 6.45) is 0.131. The number of nitrogens with zero attached hydrogens (tertiary/aromatic N) is 1. The van der Waals surface area contributed by atoms with Gasteiger partial charge < -0.3 is 24.7 Å². The molecule has 3 aliphatic heterocycles. The summed E-state index contributed by atoms with van der Waals surface area (Å²) in [4.78, 5) is 64.7. The van der Waals surface area contributed by atoms with Crippen LogP contribution in [0.3, 0.4) is 0 Å². The molecule has 0 saturated carbocycles. The van der Waals surface area contributed by atoms with E-state index in [4.69, 9.17) is 9.15 Å². The van der Waals surface area contributed by atoms with Crippen LogP contribution >= 0.6 is 0 Å². The zero-order valence-corrected chi connectivity index (χ0v) is 21.0. The molecule has 200 valence electrons. The molecule has 3 aromatic rings. The van der Waals surface area contributed by atoms with Crippen LogP contribution in [0.5, 0.6) is 5.75 Å². The third-order valence-corrected chi connectivity index (χ3v) is 7.75. The normalized spacial score (nSPS) is 24.3. The van der Waals surface area contributed by atoms with Gasteiger partial charge in [-0.25, -0.2) is 9.18 Å². The summed E-state index contributed by atoms with van der Waals surface area (Å²) < 4.78 is 25.9. The standard InChI is InChI=1S/C27H23FN4O7/c1-3-26(18(33)10-20(34)30-26)15-5-7-16-14(8-15)9-19(39-16)27(24(36)29-25(37)31-27)12-32-11-13-4-6-17(38-2)22(28)21(13)23(32)35/h4-9H,3,10-12H2,1-2H3,(H,30,34)(H2,29,31,36,37)/t26?,27-/m0/s1. The van der Waals surface area contributed by atoms with E-state index in [1.165, 1.54) is 18.1 Å². The van der Waals surface area contributed by atoms with Gasteiger partial charge in [-0.1, -0.05) is 19.1 Å². The van der Waals surface area contributed by atoms with Gasteiger partial charge in [0, 0.05) is 11.9 Å². The Balaban J connectivity index is 1.39. The summed E-state index contributed by atoms with van der Waals surface area (Å²) in [7, 11) is 1.29. The molecule has 2 fully saturated rings. The van der Waals surface area contributed by atoms with Gasteiger partial charge in [0.05, 0.1) is 25.6 Å². The number of ether oxygens (including phenoxy) is 1. The predicted molar refractivity (Wildman–Crippen MR) is 132 cm³/mol. The van der Waals surface area contributed by atoms with Gasteiger partial charge >= 0.3 is 6.03 Å². The molecule has 0 aliphatic carbocycles. The number of amides is 5. The summed E-state index contributed by atoms with van der Waals surface area (Å²) in [5, 5.41) is 8.09. The maximum atomic E-state index is 14.9. The first-order valence-electron chi connectivity index (χ1n) is 12.3. The largest absolute Gasteiger partial charge is 0.494 e. The minimum absolute atomic E-state index is 0.00515. The Hall–Kier alpha value is -4.74. The number of nitrogens with one attached hydrogen (secondary N) is 3. The Morgan fingerprint density at radius 1 is 1.05 bits per heavy atom. The number of carbonyl (C=O) groups is 5. The number of carbonyl (C=O) groups excluding carboxylic acids is 5. The highest BCUT2D eigenvalue weighted by atomic mass is 19.1. The molecule has 0 bridgehead atoms. The van der Waals surface area contributed by atoms with Crippen molar-refractivity contribution < 1.29 is 37.5 Å². The van der Waals surface area contributed by atoms with Crippen molar-refractivity contribution in [2.24, 2.45) is 0 Å². The average Bonchev–Trinajstić information content (AvgIpc) is 3.62. The maximum absolute atomic E-state index is 14.9. The highest BCUT2D eigenvalue weighted by Crippen LogP contribution is 2.38. The lowest BCUT2D eigenvalue weighted by molar-refractivity contribution is -0.125. The fourth-order valence-electron chi connectivity index (χ4n) is 5.71. The molecule has 2 atom stereocenters. The summed E-state index contributed by atoms with van der Waals surface area (Å²) in [6.45, 7) is 1.47. The highest BCUT2D eigenvalue weighted by Gasteiger charge is 2.53. The number of hydrogen-bond donors (Lipinski definition) is 3. The molecule has 0 radical (unpaired) electrons. The van der Waals surface area contributed by atoms with E-state index in [1.807, 2.05) is 0 Å². The molecule has 2 aromatic carbocycles. The Kier molecular flexibility index (Phi) is 5.28. The van der Waals surface area contributed by atoms with E-state index in [1.54, 1.807) is 37.3 Å². The third-order valence-electron chi connectivity index (χ3n) is 7.75. The van der Waals surface area contributed by atoms with E-state index in [9.17, 15) is 28.4 Å². The van der Waals surface area contributed by atoms with E-state index in [-0.39, 0.29) is 48.3 Å². The van der Waals surface area contributed by atoms with Crippen molar-refractivity contribution in [3.8, 4) is 5.75 Å². The molecule has 4 heterocycles. The van der Waals surface area contributed by atoms with Crippen molar-refractivity contribution >= 4 is 40.5 Å². The number of halogens is 1. The van der Waals surface area contributed by atoms with Crippen LogP contribution in [0, 0.1) is 5.82 Å². The number of Topliss-reactive ketones (excluding diaryl/α,β-unsaturated/α-hetero) is 1. The molecule has 6 rings (SSSR count). The number of furan rings is 1. The molecule has 3 aliphatic rings. The fraction of sp³-hybridized carbons (Fsp3) is 0.296. The number of hydrogen-bond acceptors (Lipinski definition) is 7. The second-order valence-corrected chi connectivity index (χ2v) is 9.86. The first-order chi connectivity index (χ1) is 18.6. The second kappa shape index (κ2) is 8.38. The smallest absolute Gasteiger partial charge is 0.322 e. The predicted octanol–water partition coefficient (Wildman–Crippen LogP) is 1.97. The van der Waals surface area contributed by atoms with E-state index < -0.39 is 34.7 Å². The van der Waals surface area contributed by atoms with Crippen molar-refractivity contribution in [2.45, 2.75) is 37.4 Å². The van der Waals surface area contributed by atoms with Crippen LogP contribution in [-0.4, -0.2) is 48.1 Å². The van der Waals surface area contributed by atoms with Crippen LogP contribution < -0.4 is 20.7 Å². The third kappa shape index (κ3) is 3.44. The fourth-order valence-corrected chi connectivity index (χ4v) is 5.71. The SMILES string of the molecule is CCC1(c2ccc3oc([C@]4(CN5Cc6ccc(OC)c(F)c6C5=O)NC(=O)NC4=O)cc3c2)NC(=O)CC1=O. The monoisotopic (exact) mass is 534 g/mol. The zero-order valence-electron chi connectivity index (χ0n) is 21.0.